The molecule has 0 radical (unpaired) electrons. The number of nitrogens with zero attached hydrogens (tertiary/aromatic N) is 7. The second kappa shape index (κ2) is 10.8. The summed E-state index contributed by atoms with van der Waals surface area (Å²) >= 11 is 1.58. The molecule has 2 aromatic heterocycles. The summed E-state index contributed by atoms with van der Waals surface area (Å²) in [7, 11) is 0. The van der Waals surface area contributed by atoms with Gasteiger partial charge in [0.2, 0.25) is 23.8 Å². The lowest BCUT2D eigenvalue weighted by molar-refractivity contribution is -0.141. The smallest absolute Gasteiger partial charge is 0.303 e. The van der Waals surface area contributed by atoms with Gasteiger partial charge < -0.3 is 25.1 Å². The number of anilines is 4. The van der Waals surface area contributed by atoms with Gasteiger partial charge in [0, 0.05) is 51.4 Å². The van der Waals surface area contributed by atoms with Crippen molar-refractivity contribution in [2.24, 2.45) is 0 Å². The number of carbonyl (C=O) groups excluding carboxylic acids is 1. The van der Waals surface area contributed by atoms with Crippen molar-refractivity contribution in [2.75, 3.05) is 47.8 Å². The Morgan fingerprint density at radius 2 is 1.67 bits per heavy atom. The number of carbonyl (C=O) groups is 2. The van der Waals surface area contributed by atoms with E-state index >= 15 is 0 Å². The summed E-state index contributed by atoms with van der Waals surface area (Å²) in [4.78, 5) is 48.0. The highest BCUT2D eigenvalue weighted by Crippen LogP contribution is 2.27. The lowest BCUT2D eigenvalue weighted by Crippen LogP contribution is -2.49. The van der Waals surface area contributed by atoms with E-state index in [1.165, 1.54) is 11.1 Å². The van der Waals surface area contributed by atoms with Crippen LogP contribution in [0.1, 0.15) is 24.0 Å². The number of nitrogens with one attached hydrogen (secondary N) is 1. The lowest BCUT2D eigenvalue weighted by atomic mass is 10.0. The van der Waals surface area contributed by atoms with Gasteiger partial charge in [-0.15, -0.1) is 11.3 Å². The maximum absolute atomic E-state index is 12.4. The van der Waals surface area contributed by atoms with Crippen LogP contribution in [0.4, 0.5) is 23.5 Å². The van der Waals surface area contributed by atoms with Crippen LogP contribution in [0.5, 0.6) is 0 Å². The topological polar surface area (TPSA) is 128 Å². The normalized spacial score (nSPS) is 15.3. The zero-order chi connectivity index (χ0) is 26.8. The number of aliphatic carboxylic acids is 1. The summed E-state index contributed by atoms with van der Waals surface area (Å²) in [5, 5.41) is 12.3. The lowest BCUT2D eigenvalue weighted by Gasteiger charge is -2.35. The average Bonchev–Trinajstić information content (AvgIpc) is 3.43. The molecule has 0 atom stereocenters. The molecule has 0 unspecified atom stereocenters. The van der Waals surface area contributed by atoms with Crippen LogP contribution in [0.3, 0.4) is 0 Å². The van der Waals surface area contributed by atoms with E-state index in [1.54, 1.807) is 16.2 Å². The molecule has 2 N–H and O–H groups in total. The third kappa shape index (κ3) is 5.60. The fourth-order valence-corrected chi connectivity index (χ4v) is 5.67. The fraction of sp³-hybridized carbons (Fsp3) is 0.333. The molecule has 1 saturated heterocycles. The maximum atomic E-state index is 12.4. The molecule has 2 aliphatic heterocycles. The van der Waals surface area contributed by atoms with Crippen molar-refractivity contribution in [3.63, 3.8) is 0 Å². The first-order chi connectivity index (χ1) is 19.0. The van der Waals surface area contributed by atoms with Gasteiger partial charge in [-0.3, -0.25) is 9.59 Å². The molecule has 200 valence electrons. The standard InChI is InChI=1S/C27H28N8O3S/c36-23(7-8-24(37)38)33-11-13-34(14-12-33)26-30-25(29-20-5-6-21-22(15-20)39-17-28-21)31-27(32-26)35-10-9-18-3-1-2-4-19(18)16-35/h1-6,15,17H,7-14,16H2,(H,37,38)(H,29,30,31,32). The number of benzene rings is 2. The first-order valence-electron chi connectivity index (χ1n) is 12.9. The van der Waals surface area contributed by atoms with E-state index < -0.39 is 5.97 Å². The number of thiazole rings is 1. The molecule has 12 heteroatoms. The first-order valence-corrected chi connectivity index (χ1v) is 13.8. The van der Waals surface area contributed by atoms with Gasteiger partial charge in [0.1, 0.15) is 0 Å². The highest BCUT2D eigenvalue weighted by molar-refractivity contribution is 7.16. The summed E-state index contributed by atoms with van der Waals surface area (Å²) in [6.45, 7) is 3.60. The Morgan fingerprint density at radius 3 is 2.46 bits per heavy atom. The second-order valence-corrected chi connectivity index (χ2v) is 10.5. The van der Waals surface area contributed by atoms with E-state index in [0.717, 1.165) is 35.4 Å². The van der Waals surface area contributed by atoms with Crippen LogP contribution in [-0.4, -0.2) is 74.5 Å². The molecule has 0 saturated carbocycles. The third-order valence-corrected chi connectivity index (χ3v) is 7.87. The van der Waals surface area contributed by atoms with Gasteiger partial charge in [-0.2, -0.15) is 15.0 Å². The van der Waals surface area contributed by atoms with Crippen LogP contribution in [0, 0.1) is 0 Å². The minimum absolute atomic E-state index is 0.0137. The molecule has 0 bridgehead atoms. The van der Waals surface area contributed by atoms with Gasteiger partial charge in [0.05, 0.1) is 22.1 Å². The zero-order valence-corrected chi connectivity index (χ0v) is 22.1. The highest BCUT2D eigenvalue weighted by atomic mass is 32.1. The Kier molecular flexibility index (Phi) is 6.93. The number of hydrogen-bond acceptors (Lipinski definition) is 10. The number of carboxylic acid groups (broad SMARTS) is 1. The number of hydrogen-bond donors (Lipinski definition) is 2. The molecule has 4 aromatic rings. The van der Waals surface area contributed by atoms with E-state index in [2.05, 4.69) is 44.4 Å². The van der Waals surface area contributed by atoms with Gasteiger partial charge >= 0.3 is 5.97 Å². The first kappa shape index (κ1) is 25.0. The Balaban J connectivity index is 1.25. The van der Waals surface area contributed by atoms with Crippen LogP contribution < -0.4 is 15.1 Å². The SMILES string of the molecule is O=C(O)CCC(=O)N1CCN(c2nc(Nc3ccc4ncsc4c3)nc(N3CCc4ccccc4C3)n2)CC1. The number of carboxylic acids is 1. The van der Waals surface area contributed by atoms with E-state index in [1.807, 2.05) is 23.7 Å². The van der Waals surface area contributed by atoms with Crippen molar-refractivity contribution in [1.29, 1.82) is 0 Å². The van der Waals surface area contributed by atoms with E-state index in [-0.39, 0.29) is 18.7 Å². The fourth-order valence-electron chi connectivity index (χ4n) is 4.95. The number of piperazine rings is 1. The van der Waals surface area contributed by atoms with Crippen molar-refractivity contribution >= 4 is 57.0 Å². The number of fused-ring (bicyclic) bond motifs is 2. The number of rotatable bonds is 7. The van der Waals surface area contributed by atoms with E-state index in [4.69, 9.17) is 20.1 Å². The summed E-state index contributed by atoms with van der Waals surface area (Å²) < 4.78 is 1.07. The molecule has 1 fully saturated rings. The molecular formula is C27H28N8O3S. The van der Waals surface area contributed by atoms with Crippen molar-refractivity contribution < 1.29 is 14.7 Å². The third-order valence-electron chi connectivity index (χ3n) is 7.08. The predicted molar refractivity (Wildman–Crippen MR) is 150 cm³/mol. The zero-order valence-electron chi connectivity index (χ0n) is 21.3. The van der Waals surface area contributed by atoms with Crippen LogP contribution in [0.15, 0.2) is 48.0 Å². The molecular weight excluding hydrogens is 516 g/mol. The minimum Gasteiger partial charge on any atom is -0.481 e. The van der Waals surface area contributed by atoms with Crippen LogP contribution in [0.25, 0.3) is 10.2 Å². The molecule has 0 aliphatic carbocycles. The molecule has 1 amide bonds. The Labute approximate surface area is 229 Å². The largest absolute Gasteiger partial charge is 0.481 e. The van der Waals surface area contributed by atoms with Crippen molar-refractivity contribution in [3.05, 3.63) is 59.1 Å². The average molecular weight is 545 g/mol. The minimum atomic E-state index is -0.963. The summed E-state index contributed by atoms with van der Waals surface area (Å²) in [5.41, 5.74) is 6.26. The summed E-state index contributed by atoms with van der Waals surface area (Å²) in [6.07, 6.45) is 0.774. The molecule has 2 aromatic carbocycles. The van der Waals surface area contributed by atoms with Gasteiger partial charge in [0.25, 0.3) is 0 Å². The molecule has 4 heterocycles. The summed E-state index contributed by atoms with van der Waals surface area (Å²) in [6, 6.07) is 14.4. The van der Waals surface area contributed by atoms with Gasteiger partial charge in [0.15, 0.2) is 0 Å². The van der Waals surface area contributed by atoms with E-state index in [9.17, 15) is 9.59 Å². The Bertz CT molecular complexity index is 1520. The predicted octanol–water partition coefficient (Wildman–Crippen LogP) is 3.30. The van der Waals surface area contributed by atoms with Gasteiger partial charge in [-0.1, -0.05) is 24.3 Å². The molecule has 6 rings (SSSR count). The van der Waals surface area contributed by atoms with Gasteiger partial charge in [-0.25, -0.2) is 4.98 Å². The Hall–Kier alpha value is -4.32. The van der Waals surface area contributed by atoms with Crippen molar-refractivity contribution in [2.45, 2.75) is 25.8 Å². The number of amides is 1. The van der Waals surface area contributed by atoms with E-state index in [0.29, 0.717) is 44.0 Å². The maximum Gasteiger partial charge on any atom is 0.303 e. The van der Waals surface area contributed by atoms with Crippen LogP contribution >= 0.6 is 11.3 Å². The van der Waals surface area contributed by atoms with Gasteiger partial charge in [-0.05, 0) is 35.7 Å². The highest BCUT2D eigenvalue weighted by Gasteiger charge is 2.26. The van der Waals surface area contributed by atoms with Crippen molar-refractivity contribution in [1.82, 2.24) is 24.8 Å². The van der Waals surface area contributed by atoms with Crippen molar-refractivity contribution in [3.8, 4) is 0 Å². The quantitative estimate of drug-likeness (QED) is 0.358. The molecule has 39 heavy (non-hydrogen) atoms. The summed E-state index contributed by atoms with van der Waals surface area (Å²) in [5.74, 6) is 0.516. The molecule has 0 spiro atoms. The molecule has 11 nitrogen and oxygen atoms in total. The molecule has 2 aliphatic rings. The second-order valence-electron chi connectivity index (χ2n) is 9.62. The monoisotopic (exact) mass is 544 g/mol. The van der Waals surface area contributed by atoms with Crippen LogP contribution in [-0.2, 0) is 22.6 Å². The van der Waals surface area contributed by atoms with Crippen LogP contribution in [0.2, 0.25) is 0 Å². The number of aromatic nitrogens is 4. The Morgan fingerprint density at radius 1 is 0.897 bits per heavy atom.